The molecule has 0 aliphatic carbocycles. The van der Waals surface area contributed by atoms with Crippen molar-refractivity contribution in [1.29, 1.82) is 0 Å². The topological polar surface area (TPSA) is 115 Å². The van der Waals surface area contributed by atoms with Crippen LogP contribution in [-0.2, 0) is 12.7 Å². The van der Waals surface area contributed by atoms with Crippen molar-refractivity contribution in [1.82, 2.24) is 24.7 Å². The first kappa shape index (κ1) is 22.8. The Morgan fingerprint density at radius 3 is 2.63 bits per heavy atom. The summed E-state index contributed by atoms with van der Waals surface area (Å²) in [5.74, 6) is -1.11. The summed E-state index contributed by atoms with van der Waals surface area (Å²) in [4.78, 5) is 32.4. The van der Waals surface area contributed by atoms with Crippen LogP contribution in [0, 0.1) is 5.82 Å². The van der Waals surface area contributed by atoms with Gasteiger partial charge in [-0.25, -0.2) is 23.8 Å². The summed E-state index contributed by atoms with van der Waals surface area (Å²) in [5, 5.41) is 7.71. The number of methoxy groups -OCH3 is 1. The zero-order valence-corrected chi connectivity index (χ0v) is 19.5. The van der Waals surface area contributed by atoms with Gasteiger partial charge in [-0.15, -0.1) is 0 Å². The Morgan fingerprint density at radius 1 is 1.21 bits per heavy atom. The molecule has 2 unspecified atom stereocenters. The Labute approximate surface area is 215 Å². The molecule has 3 aromatic heterocycles. The summed E-state index contributed by atoms with van der Waals surface area (Å²) in [6, 6.07) is 2.80. The average Bonchev–Trinajstić information content (AvgIpc) is 2.84. The number of ether oxygens (including phenoxy) is 1. The maximum atomic E-state index is 14.9. The minimum atomic E-state index is -4.97. The molecule has 0 bridgehead atoms. The Hall–Kier alpha value is -4.36. The molecule has 200 valence electrons. The van der Waals surface area contributed by atoms with Crippen molar-refractivity contribution in [3.63, 3.8) is 0 Å². The second-order valence-electron chi connectivity index (χ2n) is 8.40. The van der Waals surface area contributed by atoms with Crippen molar-refractivity contribution in [3.05, 3.63) is 75.1 Å². The van der Waals surface area contributed by atoms with E-state index in [4.69, 9.17) is 4.11 Å². The van der Waals surface area contributed by atoms with Crippen molar-refractivity contribution in [3.8, 4) is 17.1 Å². The molecule has 4 aromatic rings. The Balaban J connectivity index is 1.50. The lowest BCUT2D eigenvalue weighted by Gasteiger charge is -2.20. The number of alkyl halides is 4. The highest BCUT2D eigenvalue weighted by atomic mass is 19.4. The summed E-state index contributed by atoms with van der Waals surface area (Å²) in [7, 11) is -2.72. The number of aromatic nitrogens is 5. The van der Waals surface area contributed by atoms with E-state index in [1.807, 2.05) is 0 Å². The fourth-order valence-corrected chi connectivity index (χ4v) is 3.91. The quantitative estimate of drug-likeness (QED) is 0.326. The molecule has 2 atom stereocenters. The molecule has 0 saturated heterocycles. The zero-order valence-electron chi connectivity index (χ0n) is 22.5. The van der Waals surface area contributed by atoms with Gasteiger partial charge in [0.05, 0.1) is 52.9 Å². The van der Waals surface area contributed by atoms with Gasteiger partial charge >= 0.3 is 6.18 Å². The van der Waals surface area contributed by atoms with Crippen LogP contribution in [0.1, 0.15) is 23.0 Å². The molecule has 2 N–H and O–H groups in total. The highest BCUT2D eigenvalue weighted by molar-refractivity contribution is 5.86. The summed E-state index contributed by atoms with van der Waals surface area (Å²) < 4.78 is 96.5. The number of fused-ring (bicyclic) bond motifs is 1. The van der Waals surface area contributed by atoms with E-state index in [0.717, 1.165) is 29.2 Å². The average molecular weight is 539 g/mol. The molecule has 4 rings (SSSR count). The predicted octanol–water partition coefficient (Wildman–Crippen LogP) is 3.94. The van der Waals surface area contributed by atoms with Gasteiger partial charge in [-0.2, -0.15) is 18.3 Å². The standard InChI is InChI=1S/C24H21F5N6O3/c1-12(33-19-10-32-34-22(36)20(19)24(27,28)29)5-14(25)11-35-4-3-13-6-17(18(26)7-16(13)23(35)37)21-30-8-15(38-2)9-31-21/h3-4,6-10,12,14H,5,11H2,1-2H3,(H2,33,34,36)/i2D3. The van der Waals surface area contributed by atoms with Crippen molar-refractivity contribution in [2.75, 3.05) is 12.4 Å². The fraction of sp³-hybridized carbons (Fsp3) is 0.292. The van der Waals surface area contributed by atoms with Crippen LogP contribution in [0.5, 0.6) is 5.75 Å². The van der Waals surface area contributed by atoms with Crippen LogP contribution in [-0.4, -0.2) is 44.0 Å². The van der Waals surface area contributed by atoms with E-state index in [1.165, 1.54) is 25.3 Å². The van der Waals surface area contributed by atoms with E-state index < -0.39 is 60.2 Å². The van der Waals surface area contributed by atoms with E-state index in [9.17, 15) is 31.5 Å². The minimum absolute atomic E-state index is 0.0705. The molecule has 0 saturated carbocycles. The van der Waals surface area contributed by atoms with Gasteiger partial charge < -0.3 is 14.6 Å². The molecular weight excluding hydrogens is 515 g/mol. The smallest absolute Gasteiger partial charge is 0.423 e. The lowest BCUT2D eigenvalue weighted by Crippen LogP contribution is -2.30. The number of rotatable bonds is 8. The number of pyridine rings is 1. The Kier molecular flexibility index (Phi) is 6.34. The van der Waals surface area contributed by atoms with Crippen LogP contribution in [0.15, 0.2) is 52.6 Å². The van der Waals surface area contributed by atoms with E-state index in [1.54, 1.807) is 5.10 Å². The molecule has 14 heteroatoms. The van der Waals surface area contributed by atoms with Crippen molar-refractivity contribution >= 4 is 16.5 Å². The second kappa shape index (κ2) is 10.6. The molecule has 0 fully saturated rings. The molecule has 9 nitrogen and oxygen atoms in total. The highest BCUT2D eigenvalue weighted by Crippen LogP contribution is 2.32. The maximum Gasteiger partial charge on any atom is 0.423 e. The molecule has 38 heavy (non-hydrogen) atoms. The monoisotopic (exact) mass is 539 g/mol. The van der Waals surface area contributed by atoms with Crippen LogP contribution < -0.4 is 21.2 Å². The number of benzene rings is 1. The molecular formula is C24H21F5N6O3. The largest absolute Gasteiger partial charge is 0.494 e. The number of halogens is 5. The number of anilines is 1. The minimum Gasteiger partial charge on any atom is -0.494 e. The van der Waals surface area contributed by atoms with Gasteiger partial charge in [0.1, 0.15) is 17.6 Å². The number of hydrogen-bond donors (Lipinski definition) is 2. The molecule has 1 aromatic carbocycles. The molecule has 0 radical (unpaired) electrons. The second-order valence-corrected chi connectivity index (χ2v) is 8.40. The van der Waals surface area contributed by atoms with Crippen LogP contribution in [0.3, 0.4) is 0 Å². The maximum absolute atomic E-state index is 14.9. The first-order chi connectivity index (χ1) is 19.1. The summed E-state index contributed by atoms with van der Waals surface area (Å²) in [6.45, 7) is 0.926. The van der Waals surface area contributed by atoms with Crippen LogP contribution in [0.25, 0.3) is 22.2 Å². The first-order valence-corrected chi connectivity index (χ1v) is 11.0. The van der Waals surface area contributed by atoms with E-state index in [2.05, 4.69) is 25.1 Å². The number of nitrogens with one attached hydrogen (secondary N) is 2. The lowest BCUT2D eigenvalue weighted by molar-refractivity contribution is -0.138. The third kappa shape index (κ3) is 5.63. The third-order valence-corrected chi connectivity index (χ3v) is 5.60. The van der Waals surface area contributed by atoms with Crippen LogP contribution in [0.4, 0.5) is 27.6 Å². The van der Waals surface area contributed by atoms with Gasteiger partial charge in [0.25, 0.3) is 11.1 Å². The first-order valence-electron chi connectivity index (χ1n) is 12.5. The molecule has 0 aliphatic heterocycles. The van der Waals surface area contributed by atoms with Gasteiger partial charge in [0, 0.05) is 18.7 Å². The normalized spacial score (nSPS) is 14.8. The number of nitrogens with zero attached hydrogens (tertiary/aromatic N) is 4. The molecule has 0 aliphatic rings. The molecule has 0 spiro atoms. The lowest BCUT2D eigenvalue weighted by atomic mass is 10.1. The predicted molar refractivity (Wildman–Crippen MR) is 128 cm³/mol. The summed E-state index contributed by atoms with van der Waals surface area (Å²) >= 11 is 0. The Morgan fingerprint density at radius 2 is 1.95 bits per heavy atom. The van der Waals surface area contributed by atoms with Gasteiger partial charge in [-0.1, -0.05) is 0 Å². The van der Waals surface area contributed by atoms with E-state index >= 15 is 0 Å². The fourth-order valence-electron chi connectivity index (χ4n) is 3.91. The third-order valence-electron chi connectivity index (χ3n) is 5.60. The van der Waals surface area contributed by atoms with E-state index in [0.29, 0.717) is 5.39 Å². The molecule has 0 amide bonds. The van der Waals surface area contributed by atoms with Crippen molar-refractivity contribution in [2.24, 2.45) is 0 Å². The van der Waals surface area contributed by atoms with Gasteiger partial charge in [-0.3, -0.25) is 9.59 Å². The highest BCUT2D eigenvalue weighted by Gasteiger charge is 2.37. The van der Waals surface area contributed by atoms with Crippen molar-refractivity contribution < 1.29 is 30.8 Å². The zero-order chi connectivity index (χ0) is 30.1. The van der Waals surface area contributed by atoms with Gasteiger partial charge in [0.2, 0.25) is 0 Å². The Bertz CT molecular complexity index is 1680. The van der Waals surface area contributed by atoms with Gasteiger partial charge in [-0.05, 0) is 30.5 Å². The number of aromatic amines is 1. The van der Waals surface area contributed by atoms with Gasteiger partial charge in [0.15, 0.2) is 11.6 Å². The summed E-state index contributed by atoms with van der Waals surface area (Å²) in [6.07, 6.45) is -2.83. The SMILES string of the molecule is [2H]C([2H])([2H])Oc1cnc(-c2cc3ccn(CC(F)CC(C)Nc4cn[nH]c(=O)c4C(F)(F)F)c(=O)c3cc2F)nc1. The van der Waals surface area contributed by atoms with Crippen molar-refractivity contribution in [2.45, 2.75) is 38.3 Å². The summed E-state index contributed by atoms with van der Waals surface area (Å²) in [5.41, 5.74) is -4.34. The number of hydrogen-bond acceptors (Lipinski definition) is 7. The molecule has 3 heterocycles. The van der Waals surface area contributed by atoms with Crippen LogP contribution in [0.2, 0.25) is 0 Å². The van der Waals surface area contributed by atoms with Crippen LogP contribution >= 0.6 is 0 Å². The van der Waals surface area contributed by atoms with E-state index in [-0.39, 0.29) is 28.9 Å². The number of H-pyrrole nitrogens is 1.